The Kier molecular flexibility index (Phi) is 4.20. The topological polar surface area (TPSA) is 40.5 Å². The van der Waals surface area contributed by atoms with Crippen LogP contribution >= 0.6 is 0 Å². The molecule has 0 atom stereocenters. The zero-order valence-electron chi connectivity index (χ0n) is 10.9. The highest BCUT2D eigenvalue weighted by Crippen LogP contribution is 2.33. The molecule has 1 heterocycles. The molecule has 1 aliphatic heterocycles. The van der Waals surface area contributed by atoms with Gasteiger partial charge in [0.05, 0.1) is 11.1 Å². The summed E-state index contributed by atoms with van der Waals surface area (Å²) in [7, 11) is 0. The van der Waals surface area contributed by atoms with E-state index in [0.29, 0.717) is 24.8 Å². The molecule has 0 aliphatic carbocycles. The van der Waals surface area contributed by atoms with Crippen molar-refractivity contribution in [3.63, 3.8) is 0 Å². The molecule has 0 bridgehead atoms. The van der Waals surface area contributed by atoms with Crippen molar-refractivity contribution in [2.24, 2.45) is 0 Å². The Morgan fingerprint density at radius 2 is 1.65 bits per heavy atom. The van der Waals surface area contributed by atoms with Gasteiger partial charge in [-0.05, 0) is 31.0 Å². The standard InChI is InChI=1S/C14H16F3NO2/c15-14(16,17)11-7-10(13(19)20)8-12(9-11)18-5-3-1-2-4-6-18/h7-9H,1-6H2,(H,19,20). The van der Waals surface area contributed by atoms with Crippen molar-refractivity contribution >= 4 is 11.7 Å². The van der Waals surface area contributed by atoms with Crippen LogP contribution in [0.15, 0.2) is 18.2 Å². The molecule has 0 unspecified atom stereocenters. The molecule has 1 fully saturated rings. The van der Waals surface area contributed by atoms with Crippen molar-refractivity contribution in [2.45, 2.75) is 31.9 Å². The van der Waals surface area contributed by atoms with Gasteiger partial charge in [0.25, 0.3) is 0 Å². The largest absolute Gasteiger partial charge is 0.478 e. The third-order valence-corrected chi connectivity index (χ3v) is 3.46. The maximum atomic E-state index is 12.8. The molecule has 0 aromatic heterocycles. The van der Waals surface area contributed by atoms with Crippen molar-refractivity contribution in [1.29, 1.82) is 0 Å². The van der Waals surface area contributed by atoms with Gasteiger partial charge in [0.1, 0.15) is 0 Å². The van der Waals surface area contributed by atoms with Gasteiger partial charge < -0.3 is 10.0 Å². The van der Waals surface area contributed by atoms with Crippen LogP contribution in [0.5, 0.6) is 0 Å². The third kappa shape index (κ3) is 3.43. The molecular weight excluding hydrogens is 271 g/mol. The van der Waals surface area contributed by atoms with Crippen molar-refractivity contribution in [3.05, 3.63) is 29.3 Å². The second-order valence-corrected chi connectivity index (χ2v) is 4.97. The molecule has 2 rings (SSSR count). The second-order valence-electron chi connectivity index (χ2n) is 4.97. The molecule has 1 saturated heterocycles. The first-order valence-electron chi connectivity index (χ1n) is 6.58. The van der Waals surface area contributed by atoms with Gasteiger partial charge in [0, 0.05) is 18.8 Å². The summed E-state index contributed by atoms with van der Waals surface area (Å²) in [6.07, 6.45) is -0.591. The fourth-order valence-corrected chi connectivity index (χ4v) is 2.41. The molecule has 0 radical (unpaired) electrons. The zero-order valence-corrected chi connectivity index (χ0v) is 10.9. The highest BCUT2D eigenvalue weighted by atomic mass is 19.4. The minimum absolute atomic E-state index is 0.320. The SMILES string of the molecule is O=C(O)c1cc(N2CCCCCC2)cc(C(F)(F)F)c1. The molecule has 1 N–H and O–H groups in total. The quantitative estimate of drug-likeness (QED) is 0.899. The van der Waals surface area contributed by atoms with E-state index in [1.54, 1.807) is 0 Å². The number of aromatic carboxylic acids is 1. The summed E-state index contributed by atoms with van der Waals surface area (Å²) in [5, 5.41) is 8.97. The van der Waals surface area contributed by atoms with E-state index in [-0.39, 0.29) is 5.56 Å². The maximum absolute atomic E-state index is 12.8. The van der Waals surface area contributed by atoms with Crippen LogP contribution in [0.2, 0.25) is 0 Å². The molecule has 0 saturated carbocycles. The first kappa shape index (κ1) is 14.7. The van der Waals surface area contributed by atoms with Crippen molar-refractivity contribution < 1.29 is 23.1 Å². The van der Waals surface area contributed by atoms with Gasteiger partial charge in [0.2, 0.25) is 0 Å². The first-order valence-corrected chi connectivity index (χ1v) is 6.58. The first-order chi connectivity index (χ1) is 9.38. The molecule has 1 aromatic rings. The smallest absolute Gasteiger partial charge is 0.416 e. The fourth-order valence-electron chi connectivity index (χ4n) is 2.41. The van der Waals surface area contributed by atoms with E-state index >= 15 is 0 Å². The van der Waals surface area contributed by atoms with E-state index in [4.69, 9.17) is 5.11 Å². The highest BCUT2D eigenvalue weighted by molar-refractivity contribution is 5.89. The molecular formula is C14H16F3NO2. The summed E-state index contributed by atoms with van der Waals surface area (Å²) in [6.45, 7) is 1.33. The average molecular weight is 287 g/mol. The molecule has 0 amide bonds. The van der Waals surface area contributed by atoms with Gasteiger partial charge in [-0.1, -0.05) is 12.8 Å². The van der Waals surface area contributed by atoms with Gasteiger partial charge >= 0.3 is 12.1 Å². The lowest BCUT2D eigenvalue weighted by Crippen LogP contribution is -2.24. The van der Waals surface area contributed by atoms with Crippen LogP contribution < -0.4 is 4.90 Å². The van der Waals surface area contributed by atoms with Gasteiger partial charge in [-0.25, -0.2) is 4.79 Å². The minimum atomic E-state index is -4.54. The van der Waals surface area contributed by atoms with Crippen LogP contribution in [0.4, 0.5) is 18.9 Å². The van der Waals surface area contributed by atoms with E-state index in [9.17, 15) is 18.0 Å². The lowest BCUT2D eigenvalue weighted by Gasteiger charge is -2.24. The average Bonchev–Trinajstić information content (AvgIpc) is 2.66. The molecule has 20 heavy (non-hydrogen) atoms. The lowest BCUT2D eigenvalue weighted by atomic mass is 10.1. The molecule has 0 spiro atoms. The van der Waals surface area contributed by atoms with Crippen molar-refractivity contribution in [2.75, 3.05) is 18.0 Å². The van der Waals surface area contributed by atoms with Crippen LogP contribution in [0.3, 0.4) is 0 Å². The monoisotopic (exact) mass is 287 g/mol. The molecule has 1 aliphatic rings. The van der Waals surface area contributed by atoms with Crippen LogP contribution in [-0.4, -0.2) is 24.2 Å². The second kappa shape index (κ2) is 5.73. The fraction of sp³-hybridized carbons (Fsp3) is 0.500. The van der Waals surface area contributed by atoms with Gasteiger partial charge in [-0.2, -0.15) is 13.2 Å². The molecule has 110 valence electrons. The van der Waals surface area contributed by atoms with Crippen LogP contribution in [0.1, 0.15) is 41.6 Å². The summed E-state index contributed by atoms with van der Waals surface area (Å²) >= 11 is 0. The molecule has 6 heteroatoms. The Morgan fingerprint density at radius 1 is 1.05 bits per heavy atom. The summed E-state index contributed by atoms with van der Waals surface area (Å²) in [4.78, 5) is 12.8. The molecule has 3 nitrogen and oxygen atoms in total. The Labute approximate surface area is 115 Å². The van der Waals surface area contributed by atoms with E-state index in [1.165, 1.54) is 6.07 Å². The predicted octanol–water partition coefficient (Wildman–Crippen LogP) is 3.78. The number of carboxylic acids is 1. The number of benzene rings is 1. The third-order valence-electron chi connectivity index (χ3n) is 3.46. The number of halogens is 3. The van der Waals surface area contributed by atoms with E-state index in [1.807, 2.05) is 4.90 Å². The number of rotatable bonds is 2. The number of hydrogen-bond acceptors (Lipinski definition) is 2. The summed E-state index contributed by atoms with van der Waals surface area (Å²) in [5.74, 6) is -1.34. The number of anilines is 1. The zero-order chi connectivity index (χ0) is 14.8. The van der Waals surface area contributed by atoms with E-state index in [2.05, 4.69) is 0 Å². The summed E-state index contributed by atoms with van der Waals surface area (Å²) in [6, 6.07) is 3.05. The van der Waals surface area contributed by atoms with Gasteiger partial charge in [-0.3, -0.25) is 0 Å². The van der Waals surface area contributed by atoms with E-state index < -0.39 is 17.7 Å². The Morgan fingerprint density at radius 3 is 2.15 bits per heavy atom. The van der Waals surface area contributed by atoms with E-state index in [0.717, 1.165) is 31.7 Å². The predicted molar refractivity (Wildman–Crippen MR) is 69.1 cm³/mol. The van der Waals surface area contributed by atoms with Crippen molar-refractivity contribution in [3.8, 4) is 0 Å². The Hall–Kier alpha value is -1.72. The number of carboxylic acid groups (broad SMARTS) is 1. The van der Waals surface area contributed by atoms with Crippen LogP contribution in [-0.2, 0) is 6.18 Å². The van der Waals surface area contributed by atoms with Crippen LogP contribution in [0, 0.1) is 0 Å². The highest BCUT2D eigenvalue weighted by Gasteiger charge is 2.32. The van der Waals surface area contributed by atoms with Gasteiger partial charge in [-0.15, -0.1) is 0 Å². The number of hydrogen-bond donors (Lipinski definition) is 1. The molecule has 1 aromatic carbocycles. The number of carbonyl (C=O) groups is 1. The summed E-state index contributed by atoms with van der Waals surface area (Å²) < 4.78 is 38.5. The lowest BCUT2D eigenvalue weighted by molar-refractivity contribution is -0.137. The number of alkyl halides is 3. The minimum Gasteiger partial charge on any atom is -0.478 e. The summed E-state index contributed by atoms with van der Waals surface area (Å²) in [5.41, 5.74) is -0.880. The maximum Gasteiger partial charge on any atom is 0.416 e. The van der Waals surface area contributed by atoms with Gasteiger partial charge in [0.15, 0.2) is 0 Å². The Balaban J connectivity index is 2.40. The Bertz CT molecular complexity index is 492. The van der Waals surface area contributed by atoms with Crippen LogP contribution in [0.25, 0.3) is 0 Å². The number of nitrogens with zero attached hydrogens (tertiary/aromatic N) is 1. The van der Waals surface area contributed by atoms with Crippen molar-refractivity contribution in [1.82, 2.24) is 0 Å². The normalized spacial score (nSPS) is 16.9.